The second-order valence-corrected chi connectivity index (χ2v) is 4.18. The van der Waals surface area contributed by atoms with Gasteiger partial charge in [-0.25, -0.2) is 0 Å². The average Bonchev–Trinajstić information content (AvgIpc) is 2.14. The number of hydrogen-bond acceptors (Lipinski definition) is 1. The lowest BCUT2D eigenvalue weighted by Gasteiger charge is -2.07. The molecule has 0 aliphatic heterocycles. The van der Waals surface area contributed by atoms with Crippen molar-refractivity contribution in [1.29, 1.82) is 0 Å². The zero-order valence-corrected chi connectivity index (χ0v) is 10.2. The quantitative estimate of drug-likeness (QED) is 0.856. The molecule has 15 heavy (non-hydrogen) atoms. The number of nitrogens with one attached hydrogen (secondary N) is 1. The van der Waals surface area contributed by atoms with Crippen LogP contribution in [-0.4, -0.2) is 5.91 Å². The molecule has 0 spiro atoms. The second kappa shape index (κ2) is 5.38. The highest BCUT2D eigenvalue weighted by Gasteiger charge is 2.06. The summed E-state index contributed by atoms with van der Waals surface area (Å²) in [4.78, 5) is 11.3. The highest BCUT2D eigenvalue weighted by molar-refractivity contribution is 6.36. The zero-order chi connectivity index (χ0) is 11.4. The van der Waals surface area contributed by atoms with Crippen LogP contribution in [0.4, 0.5) is 5.69 Å². The third-order valence-corrected chi connectivity index (χ3v) is 2.83. The van der Waals surface area contributed by atoms with Crippen LogP contribution in [0.5, 0.6) is 0 Å². The van der Waals surface area contributed by atoms with Crippen molar-refractivity contribution in [2.45, 2.75) is 26.7 Å². The number of anilines is 1. The molecule has 1 N–H and O–H groups in total. The largest absolute Gasteiger partial charge is 0.326 e. The molecule has 2 nitrogen and oxygen atoms in total. The molecular formula is C11H13Cl2NO. The highest BCUT2D eigenvalue weighted by atomic mass is 35.5. The summed E-state index contributed by atoms with van der Waals surface area (Å²) in [6.07, 6.45) is 1.32. The van der Waals surface area contributed by atoms with Crippen LogP contribution in [-0.2, 0) is 4.79 Å². The lowest BCUT2D eigenvalue weighted by molar-refractivity contribution is -0.116. The normalized spacial score (nSPS) is 10.1. The summed E-state index contributed by atoms with van der Waals surface area (Å²) in [5.74, 6) is -0.0199. The molecule has 0 saturated heterocycles. The van der Waals surface area contributed by atoms with Crippen molar-refractivity contribution < 1.29 is 4.79 Å². The summed E-state index contributed by atoms with van der Waals surface area (Å²) in [6.45, 7) is 3.79. The van der Waals surface area contributed by atoms with Crippen molar-refractivity contribution in [2.24, 2.45) is 0 Å². The molecule has 0 bridgehead atoms. The Morgan fingerprint density at radius 2 is 1.87 bits per heavy atom. The summed E-state index contributed by atoms with van der Waals surface area (Å²) in [6, 6.07) is 3.41. The third kappa shape index (κ3) is 3.40. The fraction of sp³-hybridized carbons (Fsp3) is 0.364. The molecule has 0 aliphatic carbocycles. The first-order valence-electron chi connectivity index (χ1n) is 4.80. The standard InChI is InChI=1S/C11H13Cl2NO/c1-3-4-11(15)14-8-5-9(12)7(2)10(13)6-8/h5-6H,3-4H2,1-2H3,(H,14,15). The number of benzene rings is 1. The molecular weight excluding hydrogens is 233 g/mol. The van der Waals surface area contributed by atoms with Crippen molar-refractivity contribution in [2.75, 3.05) is 5.32 Å². The van der Waals surface area contributed by atoms with Gasteiger partial charge in [0.15, 0.2) is 0 Å². The number of hydrogen-bond donors (Lipinski definition) is 1. The average molecular weight is 246 g/mol. The van der Waals surface area contributed by atoms with Gasteiger partial charge in [0.05, 0.1) is 0 Å². The molecule has 0 aromatic heterocycles. The molecule has 1 aromatic carbocycles. The summed E-state index contributed by atoms with van der Waals surface area (Å²) >= 11 is 11.9. The SMILES string of the molecule is CCCC(=O)Nc1cc(Cl)c(C)c(Cl)c1. The van der Waals surface area contributed by atoms with Gasteiger partial charge in [-0.1, -0.05) is 30.1 Å². The Balaban J connectivity index is 2.83. The smallest absolute Gasteiger partial charge is 0.224 e. The van der Waals surface area contributed by atoms with E-state index in [1.54, 1.807) is 12.1 Å². The second-order valence-electron chi connectivity index (χ2n) is 3.36. The van der Waals surface area contributed by atoms with Gasteiger partial charge < -0.3 is 5.32 Å². The first-order chi connectivity index (χ1) is 7.04. The number of carbonyl (C=O) groups excluding carboxylic acids is 1. The van der Waals surface area contributed by atoms with Crippen LogP contribution < -0.4 is 5.32 Å². The third-order valence-electron chi connectivity index (χ3n) is 2.04. The maximum Gasteiger partial charge on any atom is 0.224 e. The van der Waals surface area contributed by atoms with Crippen molar-refractivity contribution in [1.82, 2.24) is 0 Å². The Kier molecular flexibility index (Phi) is 4.43. The van der Waals surface area contributed by atoms with E-state index in [1.807, 2.05) is 13.8 Å². The molecule has 0 fully saturated rings. The fourth-order valence-corrected chi connectivity index (χ4v) is 1.66. The molecule has 0 aliphatic rings. The van der Waals surface area contributed by atoms with Gasteiger partial charge >= 0.3 is 0 Å². The van der Waals surface area contributed by atoms with Crippen LogP contribution in [0.2, 0.25) is 10.0 Å². The fourth-order valence-electron chi connectivity index (χ4n) is 1.17. The van der Waals surface area contributed by atoms with E-state index in [1.165, 1.54) is 0 Å². The van der Waals surface area contributed by atoms with Crippen LogP contribution in [0.25, 0.3) is 0 Å². The van der Waals surface area contributed by atoms with E-state index >= 15 is 0 Å². The van der Waals surface area contributed by atoms with Crippen LogP contribution in [0.15, 0.2) is 12.1 Å². The lowest BCUT2D eigenvalue weighted by Crippen LogP contribution is -2.10. The van der Waals surface area contributed by atoms with Crippen LogP contribution in [0.1, 0.15) is 25.3 Å². The van der Waals surface area contributed by atoms with Gasteiger partial charge in [-0.05, 0) is 31.0 Å². The van der Waals surface area contributed by atoms with Crippen molar-refractivity contribution >= 4 is 34.8 Å². The Labute approximate surface area is 99.6 Å². The summed E-state index contributed by atoms with van der Waals surface area (Å²) < 4.78 is 0. The predicted octanol–water partition coefficient (Wildman–Crippen LogP) is 4.04. The molecule has 0 saturated carbocycles. The summed E-state index contributed by atoms with van der Waals surface area (Å²) in [7, 11) is 0. The Morgan fingerprint density at radius 1 is 1.33 bits per heavy atom. The van der Waals surface area contributed by atoms with Gasteiger partial charge in [-0.3, -0.25) is 4.79 Å². The first-order valence-corrected chi connectivity index (χ1v) is 5.55. The lowest BCUT2D eigenvalue weighted by atomic mass is 10.2. The van der Waals surface area contributed by atoms with Gasteiger partial charge in [0, 0.05) is 22.2 Å². The molecule has 0 unspecified atom stereocenters. The maximum absolute atomic E-state index is 11.3. The Hall–Kier alpha value is -0.730. The van der Waals surface area contributed by atoms with E-state index in [4.69, 9.17) is 23.2 Å². The zero-order valence-electron chi connectivity index (χ0n) is 8.73. The molecule has 4 heteroatoms. The molecule has 1 rings (SSSR count). The van der Waals surface area contributed by atoms with Gasteiger partial charge in [0.2, 0.25) is 5.91 Å². The molecule has 0 atom stereocenters. The number of halogens is 2. The van der Waals surface area contributed by atoms with E-state index in [-0.39, 0.29) is 5.91 Å². The van der Waals surface area contributed by atoms with E-state index < -0.39 is 0 Å². The predicted molar refractivity (Wildman–Crippen MR) is 64.7 cm³/mol. The highest BCUT2D eigenvalue weighted by Crippen LogP contribution is 2.28. The molecule has 82 valence electrons. The Bertz CT molecular complexity index is 354. The minimum atomic E-state index is -0.0199. The minimum Gasteiger partial charge on any atom is -0.326 e. The van der Waals surface area contributed by atoms with E-state index in [2.05, 4.69) is 5.32 Å². The minimum absolute atomic E-state index is 0.0199. The summed E-state index contributed by atoms with van der Waals surface area (Å²) in [5, 5.41) is 3.87. The van der Waals surface area contributed by atoms with E-state index in [0.717, 1.165) is 12.0 Å². The molecule has 0 heterocycles. The van der Waals surface area contributed by atoms with E-state index in [0.29, 0.717) is 22.2 Å². The first kappa shape index (κ1) is 12.3. The van der Waals surface area contributed by atoms with Crippen molar-refractivity contribution in [3.63, 3.8) is 0 Å². The van der Waals surface area contributed by atoms with Gasteiger partial charge in [0.1, 0.15) is 0 Å². The van der Waals surface area contributed by atoms with Crippen LogP contribution in [0.3, 0.4) is 0 Å². The van der Waals surface area contributed by atoms with Crippen molar-refractivity contribution in [3.8, 4) is 0 Å². The number of rotatable bonds is 3. The van der Waals surface area contributed by atoms with Gasteiger partial charge in [-0.2, -0.15) is 0 Å². The van der Waals surface area contributed by atoms with Crippen LogP contribution >= 0.6 is 23.2 Å². The number of carbonyl (C=O) groups is 1. The number of amides is 1. The van der Waals surface area contributed by atoms with E-state index in [9.17, 15) is 4.79 Å². The van der Waals surface area contributed by atoms with Gasteiger partial charge in [0.25, 0.3) is 0 Å². The maximum atomic E-state index is 11.3. The molecule has 1 amide bonds. The topological polar surface area (TPSA) is 29.1 Å². The Morgan fingerprint density at radius 3 is 2.33 bits per heavy atom. The molecule has 0 radical (unpaired) electrons. The van der Waals surface area contributed by atoms with Crippen molar-refractivity contribution in [3.05, 3.63) is 27.7 Å². The molecule has 1 aromatic rings. The van der Waals surface area contributed by atoms with Crippen LogP contribution in [0, 0.1) is 6.92 Å². The monoisotopic (exact) mass is 245 g/mol. The summed E-state index contributed by atoms with van der Waals surface area (Å²) in [5.41, 5.74) is 1.47. The van der Waals surface area contributed by atoms with Gasteiger partial charge in [-0.15, -0.1) is 0 Å².